The van der Waals surface area contributed by atoms with Gasteiger partial charge in [-0.15, -0.1) is 0 Å². The molecule has 0 aliphatic rings. The number of sulfone groups is 1. The van der Waals surface area contributed by atoms with E-state index in [2.05, 4.69) is 0 Å². The van der Waals surface area contributed by atoms with Gasteiger partial charge in [0.15, 0.2) is 9.84 Å². The average Bonchev–Trinajstić information content (AvgIpc) is 2.27. The monoisotopic (exact) mass is 296 g/mol. The van der Waals surface area contributed by atoms with Crippen molar-refractivity contribution < 1.29 is 26.7 Å². The summed E-state index contributed by atoms with van der Waals surface area (Å²) in [5.74, 6) is -0.750. The zero-order valence-corrected chi connectivity index (χ0v) is 11.3. The third-order valence-electron chi connectivity index (χ3n) is 2.70. The molecule has 0 bridgehead atoms. The fourth-order valence-corrected chi connectivity index (χ4v) is 2.94. The third-order valence-corrected chi connectivity index (χ3v) is 4.47. The van der Waals surface area contributed by atoms with Gasteiger partial charge in [-0.05, 0) is 30.2 Å². The first-order chi connectivity index (χ1) is 8.54. The second-order valence-corrected chi connectivity index (χ2v) is 6.65. The van der Waals surface area contributed by atoms with Gasteiger partial charge >= 0.3 is 6.18 Å². The van der Waals surface area contributed by atoms with Crippen molar-refractivity contribution in [3.05, 3.63) is 29.8 Å². The SMILES string of the molecule is CC(C)C(O)CS(=O)(=O)c1ccc(C(F)(F)F)cc1. The molecular formula is C12H15F3O3S. The van der Waals surface area contributed by atoms with Gasteiger partial charge in [-0.3, -0.25) is 0 Å². The predicted molar refractivity (Wildman–Crippen MR) is 64.3 cm³/mol. The van der Waals surface area contributed by atoms with E-state index in [1.807, 2.05) is 0 Å². The molecule has 1 aromatic carbocycles. The molecule has 1 unspecified atom stereocenters. The summed E-state index contributed by atoms with van der Waals surface area (Å²) < 4.78 is 60.8. The highest BCUT2D eigenvalue weighted by Gasteiger charge is 2.31. The minimum Gasteiger partial charge on any atom is -0.392 e. The molecule has 108 valence electrons. The van der Waals surface area contributed by atoms with Crippen LogP contribution in [0.2, 0.25) is 0 Å². The number of benzene rings is 1. The summed E-state index contributed by atoms with van der Waals surface area (Å²) in [5.41, 5.74) is -0.907. The second-order valence-electron chi connectivity index (χ2n) is 4.61. The Hall–Kier alpha value is -1.08. The van der Waals surface area contributed by atoms with Gasteiger partial charge in [-0.1, -0.05) is 13.8 Å². The topological polar surface area (TPSA) is 54.4 Å². The molecule has 0 aromatic heterocycles. The maximum atomic E-state index is 12.3. The molecule has 1 rings (SSSR count). The zero-order valence-electron chi connectivity index (χ0n) is 10.5. The molecule has 0 fully saturated rings. The summed E-state index contributed by atoms with van der Waals surface area (Å²) in [5, 5.41) is 9.55. The van der Waals surface area contributed by atoms with Crippen molar-refractivity contribution in [1.82, 2.24) is 0 Å². The Morgan fingerprint density at radius 3 is 2.00 bits per heavy atom. The molecule has 0 spiro atoms. The quantitative estimate of drug-likeness (QED) is 0.928. The van der Waals surface area contributed by atoms with Crippen molar-refractivity contribution in [1.29, 1.82) is 0 Å². The first-order valence-corrected chi connectivity index (χ1v) is 7.27. The molecule has 1 aromatic rings. The summed E-state index contributed by atoms with van der Waals surface area (Å²) >= 11 is 0. The predicted octanol–water partition coefficient (Wildman–Crippen LogP) is 2.50. The number of hydrogen-bond acceptors (Lipinski definition) is 3. The lowest BCUT2D eigenvalue weighted by molar-refractivity contribution is -0.137. The fourth-order valence-electron chi connectivity index (χ4n) is 1.36. The smallest absolute Gasteiger partial charge is 0.392 e. The van der Waals surface area contributed by atoms with Crippen LogP contribution in [-0.2, 0) is 16.0 Å². The van der Waals surface area contributed by atoms with Crippen LogP contribution in [0.5, 0.6) is 0 Å². The summed E-state index contributed by atoms with van der Waals surface area (Å²) in [6.07, 6.45) is -5.55. The molecule has 3 nitrogen and oxygen atoms in total. The van der Waals surface area contributed by atoms with Gasteiger partial charge in [0.1, 0.15) is 0 Å². The molecule has 7 heteroatoms. The molecule has 0 amide bonds. The number of aliphatic hydroxyl groups is 1. The average molecular weight is 296 g/mol. The molecule has 0 aliphatic heterocycles. The lowest BCUT2D eigenvalue weighted by atomic mass is 10.1. The Balaban J connectivity index is 2.98. The van der Waals surface area contributed by atoms with E-state index in [-0.39, 0.29) is 10.8 Å². The van der Waals surface area contributed by atoms with Gasteiger partial charge in [-0.25, -0.2) is 8.42 Å². The number of aliphatic hydroxyl groups excluding tert-OH is 1. The summed E-state index contributed by atoms with van der Waals surface area (Å²) in [6.45, 7) is 3.32. The van der Waals surface area contributed by atoms with Crippen LogP contribution in [0.1, 0.15) is 19.4 Å². The van der Waals surface area contributed by atoms with Crippen LogP contribution in [0, 0.1) is 5.92 Å². The minimum absolute atomic E-state index is 0.222. The molecule has 0 saturated heterocycles. The highest BCUT2D eigenvalue weighted by atomic mass is 32.2. The highest BCUT2D eigenvalue weighted by molar-refractivity contribution is 7.91. The van der Waals surface area contributed by atoms with Crippen molar-refractivity contribution in [2.24, 2.45) is 5.92 Å². The Morgan fingerprint density at radius 1 is 1.16 bits per heavy atom. The van der Waals surface area contributed by atoms with Gasteiger partial charge in [0, 0.05) is 0 Å². The van der Waals surface area contributed by atoms with E-state index in [1.54, 1.807) is 13.8 Å². The maximum absolute atomic E-state index is 12.3. The van der Waals surface area contributed by atoms with Crippen molar-refractivity contribution >= 4 is 9.84 Å². The molecule has 0 aliphatic carbocycles. The third kappa shape index (κ3) is 4.21. The lowest BCUT2D eigenvalue weighted by Gasteiger charge is -2.15. The van der Waals surface area contributed by atoms with Crippen molar-refractivity contribution in [3.63, 3.8) is 0 Å². The first-order valence-electron chi connectivity index (χ1n) is 5.62. The largest absolute Gasteiger partial charge is 0.416 e. The summed E-state index contributed by atoms with van der Waals surface area (Å²) in [4.78, 5) is -0.222. The van der Waals surface area contributed by atoms with Gasteiger partial charge in [0.25, 0.3) is 0 Å². The lowest BCUT2D eigenvalue weighted by Crippen LogP contribution is -2.25. The van der Waals surface area contributed by atoms with Crippen molar-refractivity contribution in [2.75, 3.05) is 5.75 Å². The first kappa shape index (κ1) is 16.0. The molecule has 19 heavy (non-hydrogen) atoms. The van der Waals surface area contributed by atoms with Gasteiger partial charge in [0.05, 0.1) is 22.3 Å². The number of hydrogen-bond donors (Lipinski definition) is 1. The van der Waals surface area contributed by atoms with E-state index in [1.165, 1.54) is 0 Å². The maximum Gasteiger partial charge on any atom is 0.416 e. The Bertz CT molecular complexity index is 518. The van der Waals surface area contributed by atoms with Gasteiger partial charge < -0.3 is 5.11 Å². The number of rotatable bonds is 4. The van der Waals surface area contributed by atoms with Crippen LogP contribution in [0.15, 0.2) is 29.2 Å². The van der Waals surface area contributed by atoms with Crippen LogP contribution >= 0.6 is 0 Å². The Kier molecular flexibility index (Phi) is 4.63. The fraction of sp³-hybridized carbons (Fsp3) is 0.500. The van der Waals surface area contributed by atoms with E-state index in [0.717, 1.165) is 12.1 Å². The van der Waals surface area contributed by atoms with E-state index < -0.39 is 33.4 Å². The highest BCUT2D eigenvalue weighted by Crippen LogP contribution is 2.30. The van der Waals surface area contributed by atoms with Crippen LogP contribution < -0.4 is 0 Å². The van der Waals surface area contributed by atoms with Crippen LogP contribution in [0.4, 0.5) is 13.2 Å². The van der Waals surface area contributed by atoms with E-state index in [0.29, 0.717) is 12.1 Å². The van der Waals surface area contributed by atoms with E-state index in [9.17, 15) is 26.7 Å². The molecule has 1 atom stereocenters. The van der Waals surface area contributed by atoms with E-state index >= 15 is 0 Å². The summed E-state index contributed by atoms with van der Waals surface area (Å²) in [6, 6.07) is 3.25. The molecule has 0 heterocycles. The number of alkyl halides is 3. The minimum atomic E-state index is -4.50. The normalized spacial score (nSPS) is 14.7. The van der Waals surface area contributed by atoms with Crippen molar-refractivity contribution in [3.8, 4) is 0 Å². The van der Waals surface area contributed by atoms with Gasteiger partial charge in [0.2, 0.25) is 0 Å². The van der Waals surface area contributed by atoms with Crippen LogP contribution in [0.3, 0.4) is 0 Å². The molecule has 0 saturated carbocycles. The molecule has 1 N–H and O–H groups in total. The second kappa shape index (κ2) is 5.50. The van der Waals surface area contributed by atoms with Crippen LogP contribution in [-0.4, -0.2) is 25.4 Å². The van der Waals surface area contributed by atoms with Crippen molar-refractivity contribution in [2.45, 2.75) is 31.0 Å². The Labute approximate surface area is 110 Å². The zero-order chi connectivity index (χ0) is 14.8. The summed E-state index contributed by atoms with van der Waals surface area (Å²) in [7, 11) is -3.78. The molecular weight excluding hydrogens is 281 g/mol. The molecule has 0 radical (unpaired) electrons. The van der Waals surface area contributed by atoms with E-state index in [4.69, 9.17) is 0 Å². The van der Waals surface area contributed by atoms with Crippen LogP contribution in [0.25, 0.3) is 0 Å². The Morgan fingerprint density at radius 2 is 1.63 bits per heavy atom. The van der Waals surface area contributed by atoms with Gasteiger partial charge in [-0.2, -0.15) is 13.2 Å². The standard InChI is InChI=1S/C12H15F3O3S/c1-8(2)11(16)7-19(17,18)10-5-3-9(4-6-10)12(13,14)15/h3-6,8,11,16H,7H2,1-2H3. The number of halogens is 3.